The minimum Gasteiger partial charge on any atom is -0.132 e. The molecule has 2 rings (SSSR count). The number of alkyl halides is 1. The van der Waals surface area contributed by atoms with Gasteiger partial charge in [0.1, 0.15) is 0 Å². The Morgan fingerprint density at radius 2 is 1.71 bits per heavy atom. The average molecular weight is 374 g/mol. The topological polar surface area (TPSA) is 0 Å². The van der Waals surface area contributed by atoms with Crippen molar-refractivity contribution in [1.82, 2.24) is 0 Å². The molecule has 3 heteroatoms. The standard InChI is InChI=1S/C14H14Br2S/c1-14(2,10-6-4-3-5-7-10)13(16)11-8-9-12(15)17-11/h3-9,13H,1-2H3. The molecule has 0 fully saturated rings. The Hall–Kier alpha value is -0.120. The molecule has 1 aromatic carbocycles. The molecule has 0 saturated heterocycles. The number of rotatable bonds is 3. The quantitative estimate of drug-likeness (QED) is 0.585. The van der Waals surface area contributed by atoms with Crippen LogP contribution in [0.2, 0.25) is 0 Å². The fourth-order valence-corrected chi connectivity index (χ4v) is 4.12. The third kappa shape index (κ3) is 2.83. The second-order valence-corrected chi connectivity index (χ2v) is 8.00. The molecule has 1 aromatic heterocycles. The summed E-state index contributed by atoms with van der Waals surface area (Å²) in [5.74, 6) is 0. The maximum atomic E-state index is 3.85. The second-order valence-electron chi connectivity index (χ2n) is 4.59. The molecule has 0 spiro atoms. The Balaban J connectivity index is 2.33. The Morgan fingerprint density at radius 3 is 2.24 bits per heavy atom. The molecule has 0 nitrogen and oxygen atoms in total. The molecule has 90 valence electrons. The van der Waals surface area contributed by atoms with Crippen LogP contribution in [0.25, 0.3) is 0 Å². The van der Waals surface area contributed by atoms with Crippen LogP contribution in [0, 0.1) is 0 Å². The Morgan fingerprint density at radius 1 is 1.06 bits per heavy atom. The highest BCUT2D eigenvalue weighted by Crippen LogP contribution is 2.45. The predicted octanol–water partition coefficient (Wildman–Crippen LogP) is 5.92. The first kappa shape index (κ1) is 13.3. The van der Waals surface area contributed by atoms with Crippen molar-refractivity contribution in [3.63, 3.8) is 0 Å². The molecular weight excluding hydrogens is 360 g/mol. The largest absolute Gasteiger partial charge is 0.132 e. The summed E-state index contributed by atoms with van der Waals surface area (Å²) >= 11 is 9.16. The van der Waals surface area contributed by atoms with E-state index in [1.165, 1.54) is 14.2 Å². The molecule has 0 saturated carbocycles. The van der Waals surface area contributed by atoms with Crippen molar-refractivity contribution in [3.05, 3.63) is 56.7 Å². The van der Waals surface area contributed by atoms with Gasteiger partial charge in [0.2, 0.25) is 0 Å². The van der Waals surface area contributed by atoms with E-state index < -0.39 is 0 Å². The molecule has 0 radical (unpaired) electrons. The van der Waals surface area contributed by atoms with Crippen molar-refractivity contribution in [2.45, 2.75) is 24.1 Å². The van der Waals surface area contributed by atoms with Gasteiger partial charge < -0.3 is 0 Å². The molecule has 0 bridgehead atoms. The van der Waals surface area contributed by atoms with Crippen LogP contribution in [-0.2, 0) is 5.41 Å². The molecule has 0 N–H and O–H groups in total. The van der Waals surface area contributed by atoms with Crippen molar-refractivity contribution < 1.29 is 0 Å². The van der Waals surface area contributed by atoms with Crippen molar-refractivity contribution in [2.24, 2.45) is 0 Å². The summed E-state index contributed by atoms with van der Waals surface area (Å²) < 4.78 is 1.18. The van der Waals surface area contributed by atoms with Crippen LogP contribution in [0.15, 0.2) is 46.3 Å². The zero-order chi connectivity index (χ0) is 12.5. The molecule has 0 aliphatic rings. The van der Waals surface area contributed by atoms with Gasteiger partial charge in [-0.25, -0.2) is 0 Å². The number of halogens is 2. The lowest BCUT2D eigenvalue weighted by Crippen LogP contribution is -2.22. The highest BCUT2D eigenvalue weighted by atomic mass is 79.9. The van der Waals surface area contributed by atoms with Crippen LogP contribution in [0.5, 0.6) is 0 Å². The Bertz CT molecular complexity index is 488. The molecule has 2 aromatic rings. The van der Waals surface area contributed by atoms with E-state index in [0.717, 1.165) is 0 Å². The van der Waals surface area contributed by atoms with Crippen LogP contribution in [0.1, 0.15) is 29.1 Å². The van der Waals surface area contributed by atoms with Crippen molar-refractivity contribution in [2.75, 3.05) is 0 Å². The van der Waals surface area contributed by atoms with Gasteiger partial charge >= 0.3 is 0 Å². The zero-order valence-electron chi connectivity index (χ0n) is 9.78. The van der Waals surface area contributed by atoms with Gasteiger partial charge in [-0.2, -0.15) is 0 Å². The first-order valence-electron chi connectivity index (χ1n) is 5.46. The lowest BCUT2D eigenvalue weighted by molar-refractivity contribution is 0.522. The second kappa shape index (κ2) is 5.25. The van der Waals surface area contributed by atoms with Crippen LogP contribution >= 0.6 is 43.2 Å². The smallest absolute Gasteiger partial charge is 0.0701 e. The van der Waals surface area contributed by atoms with Crippen LogP contribution in [0.4, 0.5) is 0 Å². The maximum Gasteiger partial charge on any atom is 0.0701 e. The summed E-state index contributed by atoms with van der Waals surface area (Å²) in [5, 5.41) is 0. The van der Waals surface area contributed by atoms with Crippen molar-refractivity contribution in [1.29, 1.82) is 0 Å². The number of hydrogen-bond acceptors (Lipinski definition) is 1. The molecular formula is C14H14Br2S. The minimum absolute atomic E-state index is 0.0750. The van der Waals surface area contributed by atoms with E-state index >= 15 is 0 Å². The van der Waals surface area contributed by atoms with E-state index in [0.29, 0.717) is 4.83 Å². The minimum atomic E-state index is 0.0750. The summed E-state index contributed by atoms with van der Waals surface area (Å²) in [4.78, 5) is 1.68. The molecule has 0 aliphatic carbocycles. The monoisotopic (exact) mass is 372 g/mol. The zero-order valence-corrected chi connectivity index (χ0v) is 13.8. The number of benzene rings is 1. The van der Waals surface area contributed by atoms with E-state index in [-0.39, 0.29) is 5.41 Å². The highest BCUT2D eigenvalue weighted by molar-refractivity contribution is 9.11. The fourth-order valence-electron chi connectivity index (χ4n) is 1.83. The summed E-state index contributed by atoms with van der Waals surface area (Å²) in [5.41, 5.74) is 1.43. The van der Waals surface area contributed by atoms with Gasteiger partial charge in [0.05, 0.1) is 8.61 Å². The molecule has 1 unspecified atom stereocenters. The van der Waals surface area contributed by atoms with Gasteiger partial charge in [-0.15, -0.1) is 11.3 Å². The van der Waals surface area contributed by atoms with Crippen LogP contribution in [0.3, 0.4) is 0 Å². The number of thiophene rings is 1. The molecule has 1 atom stereocenters. The summed E-state index contributed by atoms with van der Waals surface area (Å²) in [7, 11) is 0. The summed E-state index contributed by atoms with van der Waals surface area (Å²) in [6, 6.07) is 14.9. The third-order valence-electron chi connectivity index (χ3n) is 3.00. The van der Waals surface area contributed by atoms with E-state index in [1.807, 2.05) is 0 Å². The predicted molar refractivity (Wildman–Crippen MR) is 83.2 cm³/mol. The first-order chi connectivity index (χ1) is 8.01. The van der Waals surface area contributed by atoms with Gasteiger partial charge in [-0.3, -0.25) is 0 Å². The molecule has 0 amide bonds. The lowest BCUT2D eigenvalue weighted by Gasteiger charge is -2.30. The van der Waals surface area contributed by atoms with Gasteiger partial charge in [0, 0.05) is 10.3 Å². The third-order valence-corrected chi connectivity index (χ3v) is 6.62. The number of hydrogen-bond donors (Lipinski definition) is 0. The van der Waals surface area contributed by atoms with Gasteiger partial charge in [0.25, 0.3) is 0 Å². The van der Waals surface area contributed by atoms with Crippen molar-refractivity contribution in [3.8, 4) is 0 Å². The highest BCUT2D eigenvalue weighted by Gasteiger charge is 2.31. The van der Waals surface area contributed by atoms with Crippen molar-refractivity contribution >= 4 is 43.2 Å². The molecule has 0 aliphatic heterocycles. The van der Waals surface area contributed by atoms with E-state index in [2.05, 4.69) is 88.2 Å². The lowest BCUT2D eigenvalue weighted by atomic mass is 9.81. The normalized spacial score (nSPS) is 13.6. The van der Waals surface area contributed by atoms with E-state index in [4.69, 9.17) is 0 Å². The Labute approximate surface area is 123 Å². The van der Waals surface area contributed by atoms with Crippen LogP contribution in [-0.4, -0.2) is 0 Å². The SMILES string of the molecule is CC(C)(c1ccccc1)C(Br)c1ccc(Br)s1. The summed E-state index contributed by atoms with van der Waals surface area (Å²) in [6.45, 7) is 4.55. The van der Waals surface area contributed by atoms with E-state index in [9.17, 15) is 0 Å². The molecule has 17 heavy (non-hydrogen) atoms. The molecule has 1 heterocycles. The Kier molecular flexibility index (Phi) is 4.11. The summed E-state index contributed by atoms with van der Waals surface area (Å²) in [6.07, 6.45) is 0. The van der Waals surface area contributed by atoms with Gasteiger partial charge in [0.15, 0.2) is 0 Å². The van der Waals surface area contributed by atoms with Gasteiger partial charge in [-0.1, -0.05) is 60.1 Å². The van der Waals surface area contributed by atoms with E-state index in [1.54, 1.807) is 11.3 Å². The fraction of sp³-hybridized carbons (Fsp3) is 0.286. The first-order valence-corrected chi connectivity index (χ1v) is 7.99. The van der Waals surface area contributed by atoms with Gasteiger partial charge in [-0.05, 0) is 33.6 Å². The average Bonchev–Trinajstić information content (AvgIpc) is 2.76. The van der Waals surface area contributed by atoms with Crippen LogP contribution < -0.4 is 0 Å². The maximum absolute atomic E-state index is 3.85.